The first kappa shape index (κ1) is 15.4. The van der Waals surface area contributed by atoms with Crippen LogP contribution < -0.4 is 10.0 Å². The third-order valence-electron chi connectivity index (χ3n) is 3.97. The average Bonchev–Trinajstić information content (AvgIpc) is 2.74. The summed E-state index contributed by atoms with van der Waals surface area (Å²) in [5.41, 5.74) is 1.55. The second-order valence-corrected chi connectivity index (χ2v) is 7.54. The van der Waals surface area contributed by atoms with Crippen molar-refractivity contribution >= 4 is 20.9 Å². The van der Waals surface area contributed by atoms with E-state index in [2.05, 4.69) is 15.0 Å². The molecule has 6 heteroatoms. The lowest BCUT2D eigenvalue weighted by molar-refractivity contribution is 0.521. The van der Waals surface area contributed by atoms with Crippen molar-refractivity contribution < 1.29 is 8.42 Å². The van der Waals surface area contributed by atoms with E-state index in [1.807, 2.05) is 19.1 Å². The smallest absolute Gasteiger partial charge is 0.243 e. The predicted molar refractivity (Wildman–Crippen MR) is 87.3 cm³/mol. The van der Waals surface area contributed by atoms with E-state index in [0.29, 0.717) is 12.1 Å². The van der Waals surface area contributed by atoms with Gasteiger partial charge in [-0.05, 0) is 44.0 Å². The number of aryl methyl sites for hydroxylation is 1. The largest absolute Gasteiger partial charge is 0.315 e. The molecule has 0 saturated carbocycles. The van der Waals surface area contributed by atoms with Gasteiger partial charge in [0.25, 0.3) is 0 Å². The third kappa shape index (κ3) is 3.29. The lowest BCUT2D eigenvalue weighted by Crippen LogP contribution is -2.40. The minimum Gasteiger partial charge on any atom is -0.315 e. The summed E-state index contributed by atoms with van der Waals surface area (Å²) in [6.45, 7) is 3.58. The Labute approximate surface area is 131 Å². The van der Waals surface area contributed by atoms with E-state index in [1.54, 1.807) is 18.3 Å². The second-order valence-electron chi connectivity index (χ2n) is 5.86. The highest BCUT2D eigenvalue weighted by atomic mass is 32.2. The highest BCUT2D eigenvalue weighted by Crippen LogP contribution is 2.22. The van der Waals surface area contributed by atoms with Crippen molar-refractivity contribution in [2.24, 2.45) is 0 Å². The molecule has 0 radical (unpaired) electrons. The van der Waals surface area contributed by atoms with Gasteiger partial charge in [0.15, 0.2) is 0 Å². The zero-order valence-corrected chi connectivity index (χ0v) is 13.5. The maximum atomic E-state index is 12.7. The zero-order chi connectivity index (χ0) is 15.6. The molecule has 1 aliphatic rings. The summed E-state index contributed by atoms with van der Waals surface area (Å²) in [6.07, 6.45) is 4.69. The van der Waals surface area contributed by atoms with Crippen molar-refractivity contribution in [3.05, 3.63) is 36.0 Å². The Morgan fingerprint density at radius 1 is 1.32 bits per heavy atom. The number of hydrogen-bond acceptors (Lipinski definition) is 4. The molecule has 1 fully saturated rings. The fourth-order valence-corrected chi connectivity index (χ4v) is 4.31. The monoisotopic (exact) mass is 319 g/mol. The van der Waals surface area contributed by atoms with Gasteiger partial charge in [-0.2, -0.15) is 0 Å². The Balaban J connectivity index is 1.94. The summed E-state index contributed by atoms with van der Waals surface area (Å²) in [5.74, 6) is 0. The first-order valence-corrected chi connectivity index (χ1v) is 9.13. The van der Waals surface area contributed by atoms with E-state index in [9.17, 15) is 8.42 Å². The maximum Gasteiger partial charge on any atom is 0.243 e. The van der Waals surface area contributed by atoms with Crippen LogP contribution >= 0.6 is 0 Å². The van der Waals surface area contributed by atoms with E-state index in [0.717, 1.165) is 36.8 Å². The number of nitrogens with one attached hydrogen (secondary N) is 2. The molecule has 0 bridgehead atoms. The van der Waals surface area contributed by atoms with Crippen LogP contribution in [-0.4, -0.2) is 32.5 Å². The molecule has 0 spiro atoms. The van der Waals surface area contributed by atoms with Crippen LogP contribution in [0.5, 0.6) is 0 Å². The molecule has 1 aromatic heterocycles. The van der Waals surface area contributed by atoms with Crippen LogP contribution in [0.4, 0.5) is 0 Å². The summed E-state index contributed by atoms with van der Waals surface area (Å²) in [5, 5.41) is 4.12. The van der Waals surface area contributed by atoms with Gasteiger partial charge >= 0.3 is 0 Å². The van der Waals surface area contributed by atoms with Crippen molar-refractivity contribution in [3.8, 4) is 0 Å². The predicted octanol–water partition coefficient (Wildman–Crippen LogP) is 1.96. The first-order valence-electron chi connectivity index (χ1n) is 7.65. The van der Waals surface area contributed by atoms with Gasteiger partial charge in [-0.15, -0.1) is 0 Å². The Kier molecular flexibility index (Phi) is 4.42. The molecule has 5 nitrogen and oxygen atoms in total. The van der Waals surface area contributed by atoms with Gasteiger partial charge in [0.2, 0.25) is 10.0 Å². The molecule has 1 atom stereocenters. The number of fused-ring (bicyclic) bond motifs is 1. The standard InChI is InChI=1S/C16H21N3O2S/c1-12-9-13-5-4-7-15(16(13)18-10-12)22(20,21)19-14-6-2-3-8-17-11-14/h4-5,7,9-10,14,17,19H,2-3,6,8,11H2,1H3. The second kappa shape index (κ2) is 6.32. The fraction of sp³-hybridized carbons (Fsp3) is 0.438. The van der Waals surface area contributed by atoms with Crippen molar-refractivity contribution in [1.29, 1.82) is 0 Å². The number of nitrogens with zero attached hydrogens (tertiary/aromatic N) is 1. The number of benzene rings is 1. The fourth-order valence-electron chi connectivity index (χ4n) is 2.86. The highest BCUT2D eigenvalue weighted by molar-refractivity contribution is 7.89. The molecule has 0 amide bonds. The molecule has 2 N–H and O–H groups in total. The molecular weight excluding hydrogens is 298 g/mol. The quantitative estimate of drug-likeness (QED) is 0.907. The van der Waals surface area contributed by atoms with E-state index in [-0.39, 0.29) is 10.9 Å². The zero-order valence-electron chi connectivity index (χ0n) is 12.7. The molecule has 1 aliphatic heterocycles. The van der Waals surface area contributed by atoms with Crippen LogP contribution in [-0.2, 0) is 10.0 Å². The molecule has 2 heterocycles. The number of rotatable bonds is 3. The highest BCUT2D eigenvalue weighted by Gasteiger charge is 2.23. The summed E-state index contributed by atoms with van der Waals surface area (Å²) < 4.78 is 28.3. The molecule has 1 saturated heterocycles. The third-order valence-corrected chi connectivity index (χ3v) is 5.52. The molecule has 1 aromatic carbocycles. The van der Waals surface area contributed by atoms with Crippen molar-refractivity contribution in [3.63, 3.8) is 0 Å². The lowest BCUT2D eigenvalue weighted by Gasteiger charge is -2.17. The Morgan fingerprint density at radius 3 is 3.05 bits per heavy atom. The summed E-state index contributed by atoms with van der Waals surface area (Å²) in [4.78, 5) is 4.58. The van der Waals surface area contributed by atoms with Crippen molar-refractivity contribution in [2.75, 3.05) is 13.1 Å². The molecule has 0 aliphatic carbocycles. The molecule has 1 unspecified atom stereocenters. The van der Waals surface area contributed by atoms with Gasteiger partial charge < -0.3 is 5.32 Å². The van der Waals surface area contributed by atoms with Crippen LogP contribution in [0.15, 0.2) is 35.4 Å². The van der Waals surface area contributed by atoms with Crippen molar-refractivity contribution in [1.82, 2.24) is 15.0 Å². The maximum absolute atomic E-state index is 12.7. The van der Waals surface area contributed by atoms with Crippen LogP contribution in [0.25, 0.3) is 10.9 Å². The van der Waals surface area contributed by atoms with E-state index in [4.69, 9.17) is 0 Å². The molecule has 3 rings (SSSR count). The summed E-state index contributed by atoms with van der Waals surface area (Å²) in [6, 6.07) is 7.17. The minimum absolute atomic E-state index is 0.0618. The number of sulfonamides is 1. The number of aromatic nitrogens is 1. The lowest BCUT2D eigenvalue weighted by atomic mass is 10.2. The van der Waals surface area contributed by atoms with E-state index < -0.39 is 10.0 Å². The van der Waals surface area contributed by atoms with E-state index in [1.165, 1.54) is 0 Å². The Bertz CT molecular complexity index is 766. The van der Waals surface area contributed by atoms with Gasteiger partial charge in [-0.3, -0.25) is 4.98 Å². The van der Waals surface area contributed by atoms with Gasteiger partial charge in [-0.25, -0.2) is 13.1 Å². The number of pyridine rings is 1. The Morgan fingerprint density at radius 2 is 2.18 bits per heavy atom. The van der Waals surface area contributed by atoms with Gasteiger partial charge in [0.05, 0.1) is 5.52 Å². The molecule has 22 heavy (non-hydrogen) atoms. The average molecular weight is 319 g/mol. The SMILES string of the molecule is Cc1cnc2c(S(=O)(=O)NC3CCCCNC3)cccc2c1. The Hall–Kier alpha value is -1.50. The number of hydrogen-bond donors (Lipinski definition) is 2. The molecule has 118 valence electrons. The van der Waals surface area contributed by atoms with Crippen LogP contribution in [0.2, 0.25) is 0 Å². The van der Waals surface area contributed by atoms with Gasteiger partial charge in [0, 0.05) is 24.2 Å². The topological polar surface area (TPSA) is 71.1 Å². The minimum atomic E-state index is -3.57. The molecular formula is C16H21N3O2S. The van der Waals surface area contributed by atoms with Crippen molar-refractivity contribution in [2.45, 2.75) is 37.1 Å². The van der Waals surface area contributed by atoms with Crippen LogP contribution in [0, 0.1) is 6.92 Å². The normalized spacial score (nSPS) is 20.0. The van der Waals surface area contributed by atoms with Crippen LogP contribution in [0.3, 0.4) is 0 Å². The first-order chi connectivity index (χ1) is 10.6. The van der Waals surface area contributed by atoms with E-state index >= 15 is 0 Å². The number of para-hydroxylation sites is 1. The van der Waals surface area contributed by atoms with Crippen LogP contribution in [0.1, 0.15) is 24.8 Å². The van der Waals surface area contributed by atoms with Gasteiger partial charge in [0.1, 0.15) is 4.90 Å². The van der Waals surface area contributed by atoms with Gasteiger partial charge in [-0.1, -0.05) is 18.6 Å². The summed E-state index contributed by atoms with van der Waals surface area (Å²) >= 11 is 0. The summed E-state index contributed by atoms with van der Waals surface area (Å²) in [7, 11) is -3.57. The molecule has 2 aromatic rings.